The van der Waals surface area contributed by atoms with Crippen molar-refractivity contribution in [2.24, 2.45) is 0 Å². The van der Waals surface area contributed by atoms with Gasteiger partial charge in [-0.25, -0.2) is 0 Å². The first-order valence-corrected chi connectivity index (χ1v) is 3.91. The number of rotatable bonds is 3. The van der Waals surface area contributed by atoms with Gasteiger partial charge in [0.2, 0.25) is 0 Å². The standard InChI is InChI=1S/C8H9NOS/c10-6-8-4-7(5-9-8)2-1-3-11/h1-2,4-6,9,11H,3H2. The molecule has 0 aliphatic carbocycles. The smallest absolute Gasteiger partial charge is 0.166 e. The van der Waals surface area contributed by atoms with E-state index in [9.17, 15) is 4.79 Å². The quantitative estimate of drug-likeness (QED) is 0.522. The highest BCUT2D eigenvalue weighted by Gasteiger charge is 1.91. The van der Waals surface area contributed by atoms with Crippen LogP contribution in [0.1, 0.15) is 16.1 Å². The molecule has 1 aromatic rings. The molecule has 0 fully saturated rings. The normalized spacial score (nSPS) is 10.6. The first-order valence-electron chi connectivity index (χ1n) is 3.28. The summed E-state index contributed by atoms with van der Waals surface area (Å²) in [5, 5.41) is 0. The monoisotopic (exact) mass is 167 g/mol. The largest absolute Gasteiger partial charge is 0.358 e. The Morgan fingerprint density at radius 1 is 1.64 bits per heavy atom. The Hall–Kier alpha value is -0.960. The van der Waals surface area contributed by atoms with Gasteiger partial charge in [0.1, 0.15) is 0 Å². The van der Waals surface area contributed by atoms with Crippen LogP contribution in [0.2, 0.25) is 0 Å². The zero-order valence-electron chi connectivity index (χ0n) is 5.95. The SMILES string of the molecule is O=Cc1cc(C=CCS)c[nH]1. The van der Waals surface area contributed by atoms with E-state index in [4.69, 9.17) is 0 Å². The minimum atomic E-state index is 0.601. The lowest BCUT2D eigenvalue weighted by Gasteiger charge is -1.79. The predicted molar refractivity (Wildman–Crippen MR) is 49.1 cm³/mol. The number of hydrogen-bond donors (Lipinski definition) is 2. The molecule has 0 radical (unpaired) electrons. The zero-order chi connectivity index (χ0) is 8.10. The molecule has 58 valence electrons. The predicted octanol–water partition coefficient (Wildman–Crippen LogP) is 1.77. The summed E-state index contributed by atoms with van der Waals surface area (Å²) >= 11 is 4.01. The number of H-pyrrole nitrogens is 1. The molecular formula is C8H9NOS. The molecule has 0 unspecified atom stereocenters. The Kier molecular flexibility index (Phi) is 2.98. The van der Waals surface area contributed by atoms with Crippen molar-refractivity contribution >= 4 is 25.0 Å². The zero-order valence-corrected chi connectivity index (χ0v) is 6.84. The summed E-state index contributed by atoms with van der Waals surface area (Å²) in [4.78, 5) is 13.0. The van der Waals surface area contributed by atoms with Crippen LogP contribution in [0.25, 0.3) is 6.08 Å². The number of aldehydes is 1. The maximum absolute atomic E-state index is 10.2. The Balaban J connectivity index is 2.72. The van der Waals surface area contributed by atoms with E-state index in [1.165, 1.54) is 0 Å². The van der Waals surface area contributed by atoms with Crippen LogP contribution in [-0.4, -0.2) is 17.0 Å². The Labute approximate surface area is 70.7 Å². The highest BCUT2D eigenvalue weighted by molar-refractivity contribution is 7.80. The van der Waals surface area contributed by atoms with Gasteiger partial charge in [-0.2, -0.15) is 12.6 Å². The molecule has 0 saturated heterocycles. The maximum Gasteiger partial charge on any atom is 0.166 e. The second-order valence-corrected chi connectivity index (χ2v) is 2.46. The molecule has 0 atom stereocenters. The van der Waals surface area contributed by atoms with Crippen molar-refractivity contribution in [2.75, 3.05) is 5.75 Å². The van der Waals surface area contributed by atoms with Crippen molar-refractivity contribution in [3.05, 3.63) is 29.6 Å². The van der Waals surface area contributed by atoms with Crippen molar-refractivity contribution in [1.82, 2.24) is 4.98 Å². The molecule has 0 amide bonds. The van der Waals surface area contributed by atoms with Gasteiger partial charge in [-0.15, -0.1) is 0 Å². The van der Waals surface area contributed by atoms with E-state index < -0.39 is 0 Å². The topological polar surface area (TPSA) is 32.9 Å². The summed E-state index contributed by atoms with van der Waals surface area (Å²) in [5.41, 5.74) is 1.60. The van der Waals surface area contributed by atoms with Gasteiger partial charge < -0.3 is 4.98 Å². The highest BCUT2D eigenvalue weighted by Crippen LogP contribution is 2.03. The number of thiol groups is 1. The third-order valence-electron chi connectivity index (χ3n) is 1.27. The maximum atomic E-state index is 10.2. The molecule has 11 heavy (non-hydrogen) atoms. The molecule has 0 bridgehead atoms. The summed E-state index contributed by atoms with van der Waals surface area (Å²) in [6, 6.07) is 1.78. The first-order chi connectivity index (χ1) is 5.36. The van der Waals surface area contributed by atoms with Crippen LogP contribution in [0.15, 0.2) is 18.3 Å². The third kappa shape index (κ3) is 2.27. The van der Waals surface area contributed by atoms with E-state index in [1.54, 1.807) is 12.3 Å². The van der Waals surface area contributed by atoms with Crippen LogP contribution >= 0.6 is 12.6 Å². The van der Waals surface area contributed by atoms with Gasteiger partial charge in [0, 0.05) is 11.9 Å². The number of hydrogen-bond acceptors (Lipinski definition) is 2. The van der Waals surface area contributed by atoms with Crippen molar-refractivity contribution in [3.8, 4) is 0 Å². The Morgan fingerprint density at radius 3 is 3.00 bits per heavy atom. The summed E-state index contributed by atoms with van der Waals surface area (Å²) < 4.78 is 0. The molecule has 0 spiro atoms. The van der Waals surface area contributed by atoms with Gasteiger partial charge >= 0.3 is 0 Å². The lowest BCUT2D eigenvalue weighted by atomic mass is 10.3. The highest BCUT2D eigenvalue weighted by atomic mass is 32.1. The molecule has 0 saturated carbocycles. The summed E-state index contributed by atoms with van der Waals surface area (Å²) in [6.07, 6.45) is 6.40. The molecule has 0 aliphatic rings. The van der Waals surface area contributed by atoms with Crippen LogP contribution in [0, 0.1) is 0 Å². The van der Waals surface area contributed by atoms with E-state index in [0.717, 1.165) is 11.8 Å². The van der Waals surface area contributed by atoms with Gasteiger partial charge in [0.25, 0.3) is 0 Å². The lowest BCUT2D eigenvalue weighted by molar-refractivity contribution is 0.111. The number of aromatic nitrogens is 1. The van der Waals surface area contributed by atoms with Gasteiger partial charge in [-0.05, 0) is 11.6 Å². The fraction of sp³-hybridized carbons (Fsp3) is 0.125. The van der Waals surface area contributed by atoms with E-state index in [-0.39, 0.29) is 0 Å². The molecule has 1 heterocycles. The van der Waals surface area contributed by atoms with Gasteiger partial charge in [-0.1, -0.05) is 12.2 Å². The number of aromatic amines is 1. The van der Waals surface area contributed by atoms with Gasteiger partial charge in [-0.3, -0.25) is 4.79 Å². The molecule has 1 N–H and O–H groups in total. The third-order valence-corrected chi connectivity index (χ3v) is 1.48. The molecule has 1 rings (SSSR count). The molecule has 0 aromatic carbocycles. The molecule has 0 aliphatic heterocycles. The number of nitrogens with one attached hydrogen (secondary N) is 1. The first kappa shape index (κ1) is 8.14. The van der Waals surface area contributed by atoms with Crippen LogP contribution < -0.4 is 0 Å². The summed E-state index contributed by atoms with van der Waals surface area (Å²) in [5.74, 6) is 0.710. The molecular weight excluding hydrogens is 158 g/mol. The van der Waals surface area contributed by atoms with Crippen LogP contribution in [0.3, 0.4) is 0 Å². The van der Waals surface area contributed by atoms with Gasteiger partial charge in [0.15, 0.2) is 6.29 Å². The second-order valence-electron chi connectivity index (χ2n) is 2.09. The van der Waals surface area contributed by atoms with Crippen LogP contribution in [0.4, 0.5) is 0 Å². The molecule has 3 heteroatoms. The van der Waals surface area contributed by atoms with Crippen LogP contribution in [-0.2, 0) is 0 Å². The minimum Gasteiger partial charge on any atom is -0.358 e. The van der Waals surface area contributed by atoms with Crippen molar-refractivity contribution in [2.45, 2.75) is 0 Å². The Morgan fingerprint density at radius 2 is 2.45 bits per heavy atom. The van der Waals surface area contributed by atoms with E-state index in [0.29, 0.717) is 11.4 Å². The average molecular weight is 167 g/mol. The summed E-state index contributed by atoms with van der Waals surface area (Å²) in [7, 11) is 0. The van der Waals surface area contributed by atoms with Crippen LogP contribution in [0.5, 0.6) is 0 Å². The van der Waals surface area contributed by atoms with E-state index in [2.05, 4.69) is 17.6 Å². The fourth-order valence-corrected chi connectivity index (χ4v) is 0.888. The van der Waals surface area contributed by atoms with E-state index in [1.807, 2.05) is 12.2 Å². The van der Waals surface area contributed by atoms with Gasteiger partial charge in [0.05, 0.1) is 5.69 Å². The average Bonchev–Trinajstić information content (AvgIpc) is 2.48. The van der Waals surface area contributed by atoms with Crippen molar-refractivity contribution in [1.29, 1.82) is 0 Å². The minimum absolute atomic E-state index is 0.601. The second kappa shape index (κ2) is 4.03. The fourth-order valence-electron chi connectivity index (χ4n) is 0.783. The summed E-state index contributed by atoms with van der Waals surface area (Å²) in [6.45, 7) is 0. The van der Waals surface area contributed by atoms with Crippen molar-refractivity contribution in [3.63, 3.8) is 0 Å². The lowest BCUT2D eigenvalue weighted by Crippen LogP contribution is -1.72. The molecule has 1 aromatic heterocycles. The number of carbonyl (C=O) groups excluding carboxylic acids is 1. The van der Waals surface area contributed by atoms with E-state index >= 15 is 0 Å². The Bertz CT molecular complexity index is 265. The molecule has 2 nitrogen and oxygen atoms in total. The number of carbonyl (C=O) groups is 1. The van der Waals surface area contributed by atoms with Crippen molar-refractivity contribution < 1.29 is 4.79 Å².